The van der Waals surface area contributed by atoms with Gasteiger partial charge in [-0.25, -0.2) is 0 Å². The molecule has 4 heteroatoms. The number of hydrogen-bond acceptors (Lipinski definition) is 4. The van der Waals surface area contributed by atoms with E-state index < -0.39 is 0 Å². The Kier molecular flexibility index (Phi) is 5.16. The summed E-state index contributed by atoms with van der Waals surface area (Å²) in [5.41, 5.74) is 4.26. The second-order valence-electron chi connectivity index (χ2n) is 4.93. The molecule has 0 amide bonds. The Bertz CT molecular complexity index is 730. The lowest BCUT2D eigenvalue weighted by molar-refractivity contribution is 0.214. The molecule has 0 saturated carbocycles. The molecule has 0 aliphatic carbocycles. The highest BCUT2D eigenvalue weighted by Gasteiger charge is 2.10. The fourth-order valence-corrected chi connectivity index (χ4v) is 2.06. The monoisotopic (exact) mass is 294 g/mol. The summed E-state index contributed by atoms with van der Waals surface area (Å²) in [6.07, 6.45) is 0. The standard InChI is InChI=1S/C18H18N2O2/c1-13-8-9-16(10-14(13)2)22-12-15-6-4-5-7-17(15)18(11-19)20-21-3/h4-10H,12H2,1-3H3/b20-18-. The number of hydrogen-bond donors (Lipinski definition) is 0. The van der Waals surface area contributed by atoms with E-state index in [4.69, 9.17) is 9.57 Å². The van der Waals surface area contributed by atoms with E-state index in [1.165, 1.54) is 18.2 Å². The van der Waals surface area contributed by atoms with Crippen molar-refractivity contribution < 1.29 is 9.57 Å². The summed E-state index contributed by atoms with van der Waals surface area (Å²) in [4.78, 5) is 4.72. The number of ether oxygens (including phenoxy) is 1. The zero-order chi connectivity index (χ0) is 15.9. The van der Waals surface area contributed by atoms with Crippen LogP contribution in [0.5, 0.6) is 5.75 Å². The maximum atomic E-state index is 9.19. The minimum absolute atomic E-state index is 0.238. The Hall–Kier alpha value is -2.80. The number of oxime groups is 1. The molecule has 0 aliphatic heterocycles. The quantitative estimate of drug-likeness (QED) is 0.623. The third-order valence-corrected chi connectivity index (χ3v) is 3.43. The third-order valence-electron chi connectivity index (χ3n) is 3.43. The molecule has 0 radical (unpaired) electrons. The summed E-state index contributed by atoms with van der Waals surface area (Å²) in [6.45, 7) is 4.48. The Balaban J connectivity index is 2.21. The van der Waals surface area contributed by atoms with Crippen LogP contribution < -0.4 is 4.74 Å². The minimum Gasteiger partial charge on any atom is -0.489 e. The number of nitrogens with zero attached hydrogens (tertiary/aromatic N) is 2. The van der Waals surface area contributed by atoms with Gasteiger partial charge in [0.15, 0.2) is 5.71 Å². The first kappa shape index (κ1) is 15.6. The molecule has 2 aromatic rings. The van der Waals surface area contributed by atoms with E-state index in [1.54, 1.807) is 0 Å². The van der Waals surface area contributed by atoms with E-state index in [9.17, 15) is 5.26 Å². The molecule has 0 atom stereocenters. The van der Waals surface area contributed by atoms with Gasteiger partial charge in [-0.05, 0) is 42.7 Å². The molecule has 0 N–H and O–H groups in total. The van der Waals surface area contributed by atoms with E-state index in [0.29, 0.717) is 6.61 Å². The largest absolute Gasteiger partial charge is 0.489 e. The fraction of sp³-hybridized carbons (Fsp3) is 0.222. The SMILES string of the molecule is CO/N=C(/C#N)c1ccccc1COc1ccc(C)c(C)c1. The molecule has 0 unspecified atom stereocenters. The van der Waals surface area contributed by atoms with Gasteiger partial charge in [0.25, 0.3) is 0 Å². The molecule has 0 heterocycles. The second-order valence-corrected chi connectivity index (χ2v) is 4.93. The summed E-state index contributed by atoms with van der Waals surface area (Å²) in [5, 5.41) is 12.9. The highest BCUT2D eigenvalue weighted by Crippen LogP contribution is 2.19. The molecule has 2 aromatic carbocycles. The third kappa shape index (κ3) is 3.64. The van der Waals surface area contributed by atoms with Crippen molar-refractivity contribution in [1.82, 2.24) is 0 Å². The van der Waals surface area contributed by atoms with Crippen molar-refractivity contribution in [1.29, 1.82) is 5.26 Å². The summed E-state index contributed by atoms with van der Waals surface area (Å²) < 4.78 is 5.84. The molecule has 0 aliphatic rings. The summed E-state index contributed by atoms with van der Waals surface area (Å²) in [6, 6.07) is 15.5. The zero-order valence-corrected chi connectivity index (χ0v) is 13.0. The van der Waals surface area contributed by atoms with E-state index in [2.05, 4.69) is 19.0 Å². The van der Waals surface area contributed by atoms with Gasteiger partial charge >= 0.3 is 0 Å². The first-order valence-corrected chi connectivity index (χ1v) is 6.95. The van der Waals surface area contributed by atoms with Crippen molar-refractivity contribution in [3.63, 3.8) is 0 Å². The van der Waals surface area contributed by atoms with Crippen molar-refractivity contribution in [2.45, 2.75) is 20.5 Å². The van der Waals surface area contributed by atoms with Crippen LogP contribution in [0.1, 0.15) is 22.3 Å². The molecule has 22 heavy (non-hydrogen) atoms. The van der Waals surface area contributed by atoms with Crippen molar-refractivity contribution in [2.75, 3.05) is 7.11 Å². The first-order valence-electron chi connectivity index (χ1n) is 6.95. The predicted octanol–water partition coefficient (Wildman–Crippen LogP) is 3.76. The number of rotatable bonds is 5. The van der Waals surface area contributed by atoms with Crippen LogP contribution in [0.3, 0.4) is 0 Å². The molecule has 4 nitrogen and oxygen atoms in total. The van der Waals surface area contributed by atoms with Crippen molar-refractivity contribution in [2.24, 2.45) is 5.16 Å². The second kappa shape index (κ2) is 7.28. The molecule has 0 fully saturated rings. The van der Waals surface area contributed by atoms with Crippen LogP contribution in [0.15, 0.2) is 47.6 Å². The number of benzene rings is 2. The van der Waals surface area contributed by atoms with Gasteiger partial charge in [-0.3, -0.25) is 0 Å². The maximum absolute atomic E-state index is 9.19. The summed E-state index contributed by atoms with van der Waals surface area (Å²) in [5.74, 6) is 0.806. The molecular formula is C18H18N2O2. The van der Waals surface area contributed by atoms with E-state index in [-0.39, 0.29) is 5.71 Å². The molecule has 2 rings (SSSR count). The van der Waals surface area contributed by atoms with Crippen LogP contribution in [0, 0.1) is 25.2 Å². The minimum atomic E-state index is 0.238. The number of nitriles is 1. The first-order chi connectivity index (χ1) is 10.7. The Morgan fingerprint density at radius 3 is 2.59 bits per heavy atom. The van der Waals surface area contributed by atoms with Crippen LogP contribution in [0.2, 0.25) is 0 Å². The lowest BCUT2D eigenvalue weighted by Gasteiger charge is -2.11. The molecule has 0 saturated heterocycles. The van der Waals surface area contributed by atoms with E-state index in [1.807, 2.05) is 48.5 Å². The van der Waals surface area contributed by atoms with Gasteiger partial charge in [0, 0.05) is 5.56 Å². The van der Waals surface area contributed by atoms with E-state index in [0.717, 1.165) is 16.9 Å². The highest BCUT2D eigenvalue weighted by atomic mass is 16.6. The Morgan fingerprint density at radius 1 is 1.14 bits per heavy atom. The summed E-state index contributed by atoms with van der Waals surface area (Å²) in [7, 11) is 1.42. The molecule has 0 bridgehead atoms. The van der Waals surface area contributed by atoms with Crippen LogP contribution in [-0.2, 0) is 11.4 Å². The van der Waals surface area contributed by atoms with E-state index >= 15 is 0 Å². The van der Waals surface area contributed by atoms with Crippen LogP contribution in [0.25, 0.3) is 0 Å². The molecule has 112 valence electrons. The Labute approximate surface area is 130 Å². The summed E-state index contributed by atoms with van der Waals surface area (Å²) >= 11 is 0. The fourth-order valence-electron chi connectivity index (χ4n) is 2.06. The Morgan fingerprint density at radius 2 is 1.91 bits per heavy atom. The normalized spacial score (nSPS) is 10.9. The van der Waals surface area contributed by atoms with Gasteiger partial charge < -0.3 is 9.57 Å². The topological polar surface area (TPSA) is 54.6 Å². The number of aryl methyl sites for hydroxylation is 2. The average molecular weight is 294 g/mol. The smallest absolute Gasteiger partial charge is 0.187 e. The molecule has 0 aromatic heterocycles. The van der Waals surface area contributed by atoms with Gasteiger partial charge in [-0.1, -0.05) is 35.5 Å². The highest BCUT2D eigenvalue weighted by molar-refractivity contribution is 6.12. The van der Waals surface area contributed by atoms with Crippen LogP contribution >= 0.6 is 0 Å². The molecular weight excluding hydrogens is 276 g/mol. The average Bonchev–Trinajstić information content (AvgIpc) is 2.54. The van der Waals surface area contributed by atoms with Gasteiger partial charge in [-0.15, -0.1) is 0 Å². The van der Waals surface area contributed by atoms with Crippen molar-refractivity contribution >= 4 is 5.71 Å². The van der Waals surface area contributed by atoms with Crippen molar-refractivity contribution in [3.8, 4) is 11.8 Å². The van der Waals surface area contributed by atoms with Gasteiger partial charge in [0.1, 0.15) is 25.5 Å². The van der Waals surface area contributed by atoms with Crippen LogP contribution in [0.4, 0.5) is 0 Å². The maximum Gasteiger partial charge on any atom is 0.187 e. The van der Waals surface area contributed by atoms with Gasteiger partial charge in [0.2, 0.25) is 0 Å². The molecule has 0 spiro atoms. The van der Waals surface area contributed by atoms with Crippen molar-refractivity contribution in [3.05, 3.63) is 64.7 Å². The zero-order valence-electron chi connectivity index (χ0n) is 13.0. The van der Waals surface area contributed by atoms with Crippen LogP contribution in [-0.4, -0.2) is 12.8 Å². The lowest BCUT2D eigenvalue weighted by atomic mass is 10.0. The predicted molar refractivity (Wildman–Crippen MR) is 85.8 cm³/mol. The van der Waals surface area contributed by atoms with Gasteiger partial charge in [-0.2, -0.15) is 5.26 Å². The van der Waals surface area contributed by atoms with Gasteiger partial charge in [0.05, 0.1) is 0 Å². The lowest BCUT2D eigenvalue weighted by Crippen LogP contribution is -2.06.